The summed E-state index contributed by atoms with van der Waals surface area (Å²) in [6, 6.07) is 7.22. The molecule has 1 fully saturated rings. The SMILES string of the molecule is C=CC(=O)N1CCN(C(=O)CNc2cc(-c3ccncc3)c(Cl)cc2CO)CC1. The Morgan fingerprint density at radius 2 is 1.83 bits per heavy atom. The van der Waals surface area contributed by atoms with Crippen LogP contribution in [0.25, 0.3) is 11.1 Å². The van der Waals surface area contributed by atoms with Crippen molar-refractivity contribution in [2.75, 3.05) is 38.0 Å². The van der Waals surface area contributed by atoms with Gasteiger partial charge in [0.15, 0.2) is 0 Å². The Kier molecular flexibility index (Phi) is 6.85. The topological polar surface area (TPSA) is 85.8 Å². The highest BCUT2D eigenvalue weighted by Gasteiger charge is 2.23. The first-order chi connectivity index (χ1) is 14.0. The Labute approximate surface area is 174 Å². The van der Waals surface area contributed by atoms with Gasteiger partial charge in [0.05, 0.1) is 13.2 Å². The van der Waals surface area contributed by atoms with Crippen molar-refractivity contribution in [2.24, 2.45) is 0 Å². The quantitative estimate of drug-likeness (QED) is 0.707. The molecule has 7 nitrogen and oxygen atoms in total. The molecule has 8 heteroatoms. The highest BCUT2D eigenvalue weighted by molar-refractivity contribution is 6.33. The van der Waals surface area contributed by atoms with Gasteiger partial charge in [-0.25, -0.2) is 0 Å². The van der Waals surface area contributed by atoms with E-state index in [1.807, 2.05) is 18.2 Å². The van der Waals surface area contributed by atoms with E-state index in [4.69, 9.17) is 11.6 Å². The molecule has 0 saturated carbocycles. The maximum absolute atomic E-state index is 12.6. The molecule has 0 spiro atoms. The first kappa shape index (κ1) is 20.8. The summed E-state index contributed by atoms with van der Waals surface area (Å²) in [5.41, 5.74) is 2.95. The van der Waals surface area contributed by atoms with Gasteiger partial charge in [0.1, 0.15) is 0 Å². The lowest BCUT2D eigenvalue weighted by atomic mass is 10.0. The summed E-state index contributed by atoms with van der Waals surface area (Å²) in [7, 11) is 0. The lowest BCUT2D eigenvalue weighted by molar-refractivity contribution is -0.135. The molecule has 2 N–H and O–H groups in total. The number of pyridine rings is 1. The number of carbonyl (C=O) groups is 2. The number of amides is 2. The van der Waals surface area contributed by atoms with Crippen LogP contribution in [-0.2, 0) is 16.2 Å². The molecule has 0 atom stereocenters. The van der Waals surface area contributed by atoms with Crippen molar-refractivity contribution < 1.29 is 14.7 Å². The van der Waals surface area contributed by atoms with Crippen LogP contribution in [0, 0.1) is 0 Å². The van der Waals surface area contributed by atoms with E-state index in [1.165, 1.54) is 6.08 Å². The van der Waals surface area contributed by atoms with Crippen LogP contribution >= 0.6 is 11.6 Å². The zero-order chi connectivity index (χ0) is 20.8. The molecule has 1 saturated heterocycles. The molecule has 2 amide bonds. The maximum Gasteiger partial charge on any atom is 0.246 e. The molecule has 1 aliphatic heterocycles. The monoisotopic (exact) mass is 414 g/mol. The number of halogens is 1. The first-order valence-electron chi connectivity index (χ1n) is 9.30. The van der Waals surface area contributed by atoms with Crippen molar-refractivity contribution in [2.45, 2.75) is 6.61 Å². The third-order valence-corrected chi connectivity index (χ3v) is 5.22. The van der Waals surface area contributed by atoms with Crippen LogP contribution < -0.4 is 5.32 Å². The molecule has 1 aliphatic rings. The molecule has 0 unspecified atom stereocenters. The molecule has 3 rings (SSSR count). The van der Waals surface area contributed by atoms with Gasteiger partial charge >= 0.3 is 0 Å². The summed E-state index contributed by atoms with van der Waals surface area (Å²) in [5, 5.41) is 13.3. The second-order valence-corrected chi connectivity index (χ2v) is 7.05. The van der Waals surface area contributed by atoms with Crippen LogP contribution in [0.5, 0.6) is 0 Å². The Bertz CT molecular complexity index is 896. The molecule has 0 radical (unpaired) electrons. The minimum absolute atomic E-state index is 0.0694. The van der Waals surface area contributed by atoms with E-state index in [-0.39, 0.29) is 25.0 Å². The number of nitrogens with one attached hydrogen (secondary N) is 1. The number of hydrogen-bond acceptors (Lipinski definition) is 5. The van der Waals surface area contributed by atoms with E-state index in [0.717, 1.165) is 11.1 Å². The van der Waals surface area contributed by atoms with E-state index < -0.39 is 0 Å². The number of benzene rings is 1. The zero-order valence-electron chi connectivity index (χ0n) is 16.0. The third-order valence-electron chi connectivity index (χ3n) is 4.90. The summed E-state index contributed by atoms with van der Waals surface area (Å²) in [6.07, 6.45) is 4.65. The Hall–Kier alpha value is -2.90. The van der Waals surface area contributed by atoms with Gasteiger partial charge in [-0.15, -0.1) is 0 Å². The predicted molar refractivity (Wildman–Crippen MR) is 112 cm³/mol. The van der Waals surface area contributed by atoms with E-state index in [9.17, 15) is 14.7 Å². The highest BCUT2D eigenvalue weighted by atomic mass is 35.5. The van der Waals surface area contributed by atoms with E-state index in [1.54, 1.807) is 28.3 Å². The molecule has 0 bridgehead atoms. The number of nitrogens with zero attached hydrogens (tertiary/aromatic N) is 3. The molecular formula is C21H23ClN4O3. The van der Waals surface area contributed by atoms with Gasteiger partial charge in [0, 0.05) is 60.4 Å². The minimum atomic E-state index is -0.199. The molecule has 2 aromatic rings. The van der Waals surface area contributed by atoms with Gasteiger partial charge in [-0.05, 0) is 35.9 Å². The number of anilines is 1. The summed E-state index contributed by atoms with van der Waals surface area (Å²) >= 11 is 6.38. The van der Waals surface area contributed by atoms with E-state index >= 15 is 0 Å². The van der Waals surface area contributed by atoms with Gasteiger partial charge in [-0.3, -0.25) is 14.6 Å². The van der Waals surface area contributed by atoms with Gasteiger partial charge in [-0.1, -0.05) is 18.2 Å². The Morgan fingerprint density at radius 3 is 2.45 bits per heavy atom. The lowest BCUT2D eigenvalue weighted by Gasteiger charge is -2.34. The number of hydrogen-bond donors (Lipinski definition) is 2. The van der Waals surface area contributed by atoms with Crippen LogP contribution in [0.15, 0.2) is 49.3 Å². The summed E-state index contributed by atoms with van der Waals surface area (Å²) in [4.78, 5) is 31.6. The van der Waals surface area contributed by atoms with E-state index in [2.05, 4.69) is 16.9 Å². The second kappa shape index (κ2) is 9.54. The van der Waals surface area contributed by atoms with E-state index in [0.29, 0.717) is 42.5 Å². The number of carbonyl (C=O) groups excluding carboxylic acids is 2. The number of rotatable bonds is 6. The lowest BCUT2D eigenvalue weighted by Crippen LogP contribution is -2.51. The average molecular weight is 415 g/mol. The number of aromatic nitrogens is 1. The number of aliphatic hydroxyl groups is 1. The van der Waals surface area contributed by atoms with Crippen LogP contribution in [0.2, 0.25) is 5.02 Å². The molecule has 2 heterocycles. The van der Waals surface area contributed by atoms with Crippen molar-refractivity contribution in [3.63, 3.8) is 0 Å². The van der Waals surface area contributed by atoms with Gasteiger partial charge in [0.25, 0.3) is 0 Å². The first-order valence-corrected chi connectivity index (χ1v) is 9.68. The fourth-order valence-corrected chi connectivity index (χ4v) is 3.55. The number of aliphatic hydroxyl groups excluding tert-OH is 1. The van der Waals surface area contributed by atoms with Crippen molar-refractivity contribution in [1.29, 1.82) is 0 Å². The van der Waals surface area contributed by atoms with Gasteiger partial charge in [0.2, 0.25) is 11.8 Å². The maximum atomic E-state index is 12.6. The third kappa shape index (κ3) is 4.93. The van der Waals surface area contributed by atoms with Crippen molar-refractivity contribution in [3.8, 4) is 11.1 Å². The fourth-order valence-electron chi connectivity index (χ4n) is 3.25. The summed E-state index contributed by atoms with van der Waals surface area (Å²) < 4.78 is 0. The van der Waals surface area contributed by atoms with Crippen molar-refractivity contribution in [3.05, 3.63) is 59.9 Å². The smallest absolute Gasteiger partial charge is 0.246 e. The Morgan fingerprint density at radius 1 is 1.17 bits per heavy atom. The fraction of sp³-hybridized carbons (Fsp3) is 0.286. The standard InChI is InChI=1S/C21H23ClN4O3/c1-2-20(28)25-7-9-26(10-8-25)21(29)13-24-19-12-17(15-3-5-23-6-4-15)18(22)11-16(19)14-27/h2-6,11-12,24,27H,1,7-10,13-14H2. The van der Waals surface area contributed by atoms with Crippen LogP contribution in [0.1, 0.15) is 5.56 Å². The van der Waals surface area contributed by atoms with Crippen molar-refractivity contribution >= 4 is 29.1 Å². The van der Waals surface area contributed by atoms with Gasteiger partial charge in [-0.2, -0.15) is 0 Å². The normalized spacial score (nSPS) is 13.9. The highest BCUT2D eigenvalue weighted by Crippen LogP contribution is 2.33. The second-order valence-electron chi connectivity index (χ2n) is 6.65. The van der Waals surface area contributed by atoms with Crippen molar-refractivity contribution in [1.82, 2.24) is 14.8 Å². The van der Waals surface area contributed by atoms with Crippen LogP contribution in [0.3, 0.4) is 0 Å². The predicted octanol–water partition coefficient (Wildman–Crippen LogP) is 2.16. The molecule has 0 aliphatic carbocycles. The molecule has 29 heavy (non-hydrogen) atoms. The van der Waals surface area contributed by atoms with Gasteiger partial charge < -0.3 is 20.2 Å². The van der Waals surface area contributed by atoms with Crippen LogP contribution in [-0.4, -0.2) is 64.4 Å². The molecular weight excluding hydrogens is 392 g/mol. The Balaban J connectivity index is 1.68. The minimum Gasteiger partial charge on any atom is -0.392 e. The number of piperazine rings is 1. The average Bonchev–Trinajstić information content (AvgIpc) is 2.77. The largest absolute Gasteiger partial charge is 0.392 e. The summed E-state index contributed by atoms with van der Waals surface area (Å²) in [6.45, 7) is 5.32. The van der Waals surface area contributed by atoms with Crippen LogP contribution in [0.4, 0.5) is 5.69 Å². The molecule has 1 aromatic heterocycles. The zero-order valence-corrected chi connectivity index (χ0v) is 16.7. The molecule has 152 valence electrons. The molecule has 1 aromatic carbocycles. The summed E-state index contributed by atoms with van der Waals surface area (Å²) in [5.74, 6) is -0.187.